The van der Waals surface area contributed by atoms with Crippen LogP contribution in [0.2, 0.25) is 0 Å². The van der Waals surface area contributed by atoms with Crippen LogP contribution in [0.1, 0.15) is 11.3 Å². The molecule has 1 atom stereocenters. The number of esters is 1. The molecule has 18 heavy (non-hydrogen) atoms. The number of carbonyl (C=O) groups excluding carboxylic acids is 1. The molecule has 4 nitrogen and oxygen atoms in total. The minimum absolute atomic E-state index is 0.0467. The SMILES string of the molecule is COC(=O)CC1CN(Cc2ccc(Br)s2)CCO1. The number of nitrogens with zero attached hydrogens (tertiary/aromatic N) is 1. The minimum Gasteiger partial charge on any atom is -0.469 e. The van der Waals surface area contributed by atoms with Crippen molar-refractivity contribution in [3.8, 4) is 0 Å². The monoisotopic (exact) mass is 333 g/mol. The van der Waals surface area contributed by atoms with E-state index in [0.717, 1.165) is 23.4 Å². The fourth-order valence-electron chi connectivity index (χ4n) is 1.97. The molecule has 0 amide bonds. The maximum Gasteiger partial charge on any atom is 0.308 e. The van der Waals surface area contributed by atoms with Gasteiger partial charge < -0.3 is 9.47 Å². The van der Waals surface area contributed by atoms with Crippen molar-refractivity contribution >= 4 is 33.2 Å². The first-order valence-electron chi connectivity index (χ1n) is 5.82. The van der Waals surface area contributed by atoms with Gasteiger partial charge in [0.25, 0.3) is 0 Å². The van der Waals surface area contributed by atoms with Crippen LogP contribution in [0.3, 0.4) is 0 Å². The maximum absolute atomic E-state index is 11.2. The van der Waals surface area contributed by atoms with E-state index in [-0.39, 0.29) is 12.1 Å². The Morgan fingerprint density at radius 1 is 1.67 bits per heavy atom. The highest BCUT2D eigenvalue weighted by Crippen LogP contribution is 2.24. The van der Waals surface area contributed by atoms with E-state index in [1.54, 1.807) is 11.3 Å². The molecule has 1 aromatic rings. The molecule has 1 aliphatic rings. The van der Waals surface area contributed by atoms with E-state index in [1.807, 2.05) is 0 Å². The van der Waals surface area contributed by atoms with Gasteiger partial charge in [0.2, 0.25) is 0 Å². The average Bonchev–Trinajstić information content (AvgIpc) is 2.75. The number of ether oxygens (including phenoxy) is 2. The summed E-state index contributed by atoms with van der Waals surface area (Å²) in [5, 5.41) is 0. The summed E-state index contributed by atoms with van der Waals surface area (Å²) in [6, 6.07) is 4.19. The molecular formula is C12H16BrNO3S. The quantitative estimate of drug-likeness (QED) is 0.792. The highest BCUT2D eigenvalue weighted by atomic mass is 79.9. The molecule has 1 fully saturated rings. The Kier molecular flexibility index (Phi) is 5.17. The van der Waals surface area contributed by atoms with E-state index in [9.17, 15) is 4.79 Å². The van der Waals surface area contributed by atoms with Crippen LogP contribution in [-0.4, -0.2) is 43.8 Å². The van der Waals surface area contributed by atoms with E-state index in [2.05, 4.69) is 37.7 Å². The van der Waals surface area contributed by atoms with Crippen molar-refractivity contribution in [3.05, 3.63) is 20.8 Å². The summed E-state index contributed by atoms with van der Waals surface area (Å²) in [7, 11) is 1.41. The first kappa shape index (κ1) is 14.0. The van der Waals surface area contributed by atoms with Crippen molar-refractivity contribution in [1.29, 1.82) is 0 Å². The predicted molar refractivity (Wildman–Crippen MR) is 73.7 cm³/mol. The first-order chi connectivity index (χ1) is 8.67. The summed E-state index contributed by atoms with van der Waals surface area (Å²) in [5.41, 5.74) is 0. The number of methoxy groups -OCH3 is 1. The summed E-state index contributed by atoms with van der Waals surface area (Å²) < 4.78 is 11.4. The second-order valence-electron chi connectivity index (χ2n) is 4.21. The average molecular weight is 334 g/mol. The zero-order chi connectivity index (χ0) is 13.0. The van der Waals surface area contributed by atoms with Gasteiger partial charge in [-0.3, -0.25) is 9.69 Å². The van der Waals surface area contributed by atoms with Gasteiger partial charge in [0.15, 0.2) is 0 Å². The summed E-state index contributed by atoms with van der Waals surface area (Å²) in [5.74, 6) is -0.208. The maximum atomic E-state index is 11.2. The normalized spacial score (nSPS) is 20.9. The third kappa shape index (κ3) is 4.05. The van der Waals surface area contributed by atoms with Crippen LogP contribution in [0.5, 0.6) is 0 Å². The molecule has 0 bridgehead atoms. The Hall–Kier alpha value is -0.430. The van der Waals surface area contributed by atoms with E-state index in [1.165, 1.54) is 12.0 Å². The minimum atomic E-state index is -0.208. The Morgan fingerprint density at radius 3 is 3.17 bits per heavy atom. The van der Waals surface area contributed by atoms with E-state index < -0.39 is 0 Å². The zero-order valence-corrected chi connectivity index (χ0v) is 12.6. The highest BCUT2D eigenvalue weighted by Gasteiger charge is 2.23. The molecule has 2 rings (SSSR count). The molecule has 1 aliphatic heterocycles. The van der Waals surface area contributed by atoms with Crippen LogP contribution in [-0.2, 0) is 20.8 Å². The van der Waals surface area contributed by atoms with Gasteiger partial charge in [0.1, 0.15) is 0 Å². The second-order valence-corrected chi connectivity index (χ2v) is 6.76. The molecule has 0 radical (unpaired) electrons. The first-order valence-corrected chi connectivity index (χ1v) is 7.43. The van der Waals surface area contributed by atoms with E-state index >= 15 is 0 Å². The largest absolute Gasteiger partial charge is 0.469 e. The van der Waals surface area contributed by atoms with Crippen molar-refractivity contribution in [3.63, 3.8) is 0 Å². The lowest BCUT2D eigenvalue weighted by Crippen LogP contribution is -2.42. The molecule has 6 heteroatoms. The molecule has 100 valence electrons. The van der Waals surface area contributed by atoms with Crippen molar-refractivity contribution < 1.29 is 14.3 Å². The summed E-state index contributed by atoms with van der Waals surface area (Å²) >= 11 is 5.21. The van der Waals surface area contributed by atoms with Gasteiger partial charge in [-0.15, -0.1) is 11.3 Å². The van der Waals surface area contributed by atoms with Gasteiger partial charge in [-0.2, -0.15) is 0 Å². The molecule has 1 unspecified atom stereocenters. The van der Waals surface area contributed by atoms with Crippen molar-refractivity contribution in [2.75, 3.05) is 26.8 Å². The molecule has 2 heterocycles. The van der Waals surface area contributed by atoms with Gasteiger partial charge >= 0.3 is 5.97 Å². The lowest BCUT2D eigenvalue weighted by Gasteiger charge is -2.32. The van der Waals surface area contributed by atoms with Crippen LogP contribution >= 0.6 is 27.3 Å². The standard InChI is InChI=1S/C12H16BrNO3S/c1-16-12(15)6-9-7-14(4-5-17-9)8-10-2-3-11(13)18-10/h2-3,9H,4-8H2,1H3. The van der Waals surface area contributed by atoms with Gasteiger partial charge in [0, 0.05) is 24.5 Å². The number of morpholine rings is 1. The number of hydrogen-bond acceptors (Lipinski definition) is 5. The molecule has 0 aromatic carbocycles. The predicted octanol–water partition coefficient (Wildman–Crippen LogP) is 2.27. The number of thiophene rings is 1. The van der Waals surface area contributed by atoms with Crippen LogP contribution in [0.25, 0.3) is 0 Å². The lowest BCUT2D eigenvalue weighted by molar-refractivity contribution is -0.145. The molecule has 0 N–H and O–H groups in total. The number of halogens is 1. The fourth-order valence-corrected chi connectivity index (χ4v) is 3.50. The molecular weight excluding hydrogens is 318 g/mol. The summed E-state index contributed by atoms with van der Waals surface area (Å²) in [6.07, 6.45) is 0.288. The van der Waals surface area contributed by atoms with E-state index in [4.69, 9.17) is 4.74 Å². The molecule has 1 saturated heterocycles. The second kappa shape index (κ2) is 6.65. The summed E-state index contributed by atoms with van der Waals surface area (Å²) in [6.45, 7) is 3.28. The summed E-state index contributed by atoms with van der Waals surface area (Å²) in [4.78, 5) is 14.9. The molecule has 0 spiro atoms. The fraction of sp³-hybridized carbons (Fsp3) is 0.583. The Balaban J connectivity index is 1.84. The Bertz CT molecular complexity index is 410. The molecule has 0 aliphatic carbocycles. The van der Waals surface area contributed by atoms with Gasteiger partial charge in [-0.25, -0.2) is 0 Å². The van der Waals surface area contributed by atoms with Crippen LogP contribution in [0.4, 0.5) is 0 Å². The van der Waals surface area contributed by atoms with Crippen molar-refractivity contribution in [2.24, 2.45) is 0 Å². The van der Waals surface area contributed by atoms with Crippen molar-refractivity contribution in [2.45, 2.75) is 19.1 Å². The van der Waals surface area contributed by atoms with Crippen LogP contribution in [0.15, 0.2) is 15.9 Å². The smallest absolute Gasteiger partial charge is 0.308 e. The van der Waals surface area contributed by atoms with E-state index in [0.29, 0.717) is 13.0 Å². The van der Waals surface area contributed by atoms with Gasteiger partial charge in [-0.05, 0) is 28.1 Å². The third-order valence-electron chi connectivity index (χ3n) is 2.85. The Morgan fingerprint density at radius 2 is 2.50 bits per heavy atom. The number of hydrogen-bond donors (Lipinski definition) is 0. The number of carbonyl (C=O) groups is 1. The molecule has 1 aromatic heterocycles. The zero-order valence-electron chi connectivity index (χ0n) is 10.2. The van der Waals surface area contributed by atoms with Gasteiger partial charge in [-0.1, -0.05) is 0 Å². The Labute approximate surface area is 119 Å². The van der Waals surface area contributed by atoms with Crippen molar-refractivity contribution in [1.82, 2.24) is 4.90 Å². The van der Waals surface area contributed by atoms with Gasteiger partial charge in [0.05, 0.1) is 30.0 Å². The molecule has 0 saturated carbocycles. The highest BCUT2D eigenvalue weighted by molar-refractivity contribution is 9.11. The number of rotatable bonds is 4. The lowest BCUT2D eigenvalue weighted by atomic mass is 10.2. The topological polar surface area (TPSA) is 38.8 Å². The van der Waals surface area contributed by atoms with Crippen LogP contribution < -0.4 is 0 Å². The third-order valence-corrected chi connectivity index (χ3v) is 4.46. The van der Waals surface area contributed by atoms with Crippen LogP contribution in [0, 0.1) is 0 Å².